The molecule has 0 aliphatic carbocycles. The highest BCUT2D eigenvalue weighted by atomic mass is 32.1. The SMILES string of the molecule is CC(C)n1ncc2cc(C(=O)Nc3nc(-c4ccccn4)cs3)cnc21. The molecule has 4 rings (SSSR count). The van der Waals surface area contributed by atoms with Gasteiger partial charge in [0.15, 0.2) is 10.8 Å². The molecule has 26 heavy (non-hydrogen) atoms. The largest absolute Gasteiger partial charge is 0.298 e. The van der Waals surface area contributed by atoms with Crippen molar-refractivity contribution in [2.24, 2.45) is 0 Å². The maximum Gasteiger partial charge on any atom is 0.259 e. The van der Waals surface area contributed by atoms with Crippen LogP contribution >= 0.6 is 11.3 Å². The third-order valence-corrected chi connectivity index (χ3v) is 4.59. The average Bonchev–Trinajstić information content (AvgIpc) is 3.28. The van der Waals surface area contributed by atoms with E-state index in [0.717, 1.165) is 22.4 Å². The summed E-state index contributed by atoms with van der Waals surface area (Å²) in [6, 6.07) is 7.63. The Balaban J connectivity index is 1.55. The highest BCUT2D eigenvalue weighted by Crippen LogP contribution is 2.24. The molecule has 0 spiro atoms. The third kappa shape index (κ3) is 3.06. The first-order valence-electron chi connectivity index (χ1n) is 8.13. The van der Waals surface area contributed by atoms with Gasteiger partial charge in [-0.05, 0) is 32.0 Å². The number of pyridine rings is 2. The predicted octanol–water partition coefficient (Wildman–Crippen LogP) is 3.78. The molecule has 0 unspecified atom stereocenters. The normalized spacial score (nSPS) is 11.2. The van der Waals surface area contributed by atoms with Crippen LogP contribution < -0.4 is 5.32 Å². The Labute approximate surface area is 153 Å². The van der Waals surface area contributed by atoms with Crippen molar-refractivity contribution in [3.8, 4) is 11.4 Å². The highest BCUT2D eigenvalue weighted by molar-refractivity contribution is 7.14. The molecule has 1 N–H and O–H groups in total. The Hall–Kier alpha value is -3.13. The lowest BCUT2D eigenvalue weighted by molar-refractivity contribution is 0.102. The van der Waals surface area contributed by atoms with Crippen LogP contribution in [0.5, 0.6) is 0 Å². The zero-order valence-electron chi connectivity index (χ0n) is 14.2. The first-order chi connectivity index (χ1) is 12.6. The van der Waals surface area contributed by atoms with Crippen LogP contribution in [0.2, 0.25) is 0 Å². The maximum absolute atomic E-state index is 12.5. The first-order valence-corrected chi connectivity index (χ1v) is 9.01. The fourth-order valence-corrected chi connectivity index (χ4v) is 3.27. The van der Waals surface area contributed by atoms with Crippen molar-refractivity contribution in [2.75, 3.05) is 5.32 Å². The fourth-order valence-electron chi connectivity index (χ4n) is 2.57. The smallest absolute Gasteiger partial charge is 0.259 e. The Morgan fingerprint density at radius 1 is 1.19 bits per heavy atom. The van der Waals surface area contributed by atoms with Crippen LogP contribution in [0.25, 0.3) is 22.4 Å². The number of thiazole rings is 1. The van der Waals surface area contributed by atoms with Crippen LogP contribution in [-0.4, -0.2) is 30.6 Å². The van der Waals surface area contributed by atoms with E-state index < -0.39 is 0 Å². The van der Waals surface area contributed by atoms with Gasteiger partial charge in [0.25, 0.3) is 5.91 Å². The number of hydrogen-bond donors (Lipinski definition) is 1. The molecular formula is C18H16N6OS. The summed E-state index contributed by atoms with van der Waals surface area (Å²) in [5.74, 6) is -0.251. The minimum absolute atomic E-state index is 0.208. The Morgan fingerprint density at radius 3 is 2.85 bits per heavy atom. The van der Waals surface area contributed by atoms with Crippen LogP contribution in [0.3, 0.4) is 0 Å². The molecule has 0 saturated heterocycles. The summed E-state index contributed by atoms with van der Waals surface area (Å²) in [4.78, 5) is 25.6. The minimum atomic E-state index is -0.251. The van der Waals surface area contributed by atoms with Gasteiger partial charge in [0.05, 0.1) is 17.5 Å². The summed E-state index contributed by atoms with van der Waals surface area (Å²) in [7, 11) is 0. The highest BCUT2D eigenvalue weighted by Gasteiger charge is 2.14. The van der Waals surface area contributed by atoms with Gasteiger partial charge >= 0.3 is 0 Å². The van der Waals surface area contributed by atoms with Crippen LogP contribution in [0.4, 0.5) is 5.13 Å². The van der Waals surface area contributed by atoms with Crippen molar-refractivity contribution >= 4 is 33.4 Å². The van der Waals surface area contributed by atoms with Crippen LogP contribution in [0.15, 0.2) is 48.2 Å². The van der Waals surface area contributed by atoms with Gasteiger partial charge in [0.2, 0.25) is 0 Å². The Morgan fingerprint density at radius 2 is 2.08 bits per heavy atom. The summed E-state index contributed by atoms with van der Waals surface area (Å²) in [5.41, 5.74) is 2.74. The van der Waals surface area contributed by atoms with Crippen molar-refractivity contribution in [3.63, 3.8) is 0 Å². The molecule has 0 fully saturated rings. The summed E-state index contributed by atoms with van der Waals surface area (Å²) < 4.78 is 1.83. The molecule has 0 aromatic carbocycles. The van der Waals surface area contributed by atoms with E-state index in [2.05, 4.69) is 25.4 Å². The van der Waals surface area contributed by atoms with Crippen molar-refractivity contribution in [1.29, 1.82) is 0 Å². The van der Waals surface area contributed by atoms with Gasteiger partial charge in [-0.2, -0.15) is 5.10 Å². The second kappa shape index (κ2) is 6.64. The van der Waals surface area contributed by atoms with Crippen molar-refractivity contribution < 1.29 is 4.79 Å². The van der Waals surface area contributed by atoms with Crippen LogP contribution in [-0.2, 0) is 0 Å². The summed E-state index contributed by atoms with van der Waals surface area (Å²) in [6.07, 6.45) is 5.00. The Kier molecular flexibility index (Phi) is 4.18. The van der Waals surface area contributed by atoms with Crippen LogP contribution in [0.1, 0.15) is 30.2 Å². The molecule has 4 aromatic rings. The molecule has 1 amide bonds. The van der Waals surface area contributed by atoms with E-state index >= 15 is 0 Å². The molecule has 0 bridgehead atoms. The number of fused-ring (bicyclic) bond motifs is 1. The maximum atomic E-state index is 12.5. The third-order valence-electron chi connectivity index (χ3n) is 3.84. The average molecular weight is 364 g/mol. The van der Waals surface area contributed by atoms with E-state index in [1.54, 1.807) is 24.7 Å². The molecule has 8 heteroatoms. The monoisotopic (exact) mass is 364 g/mol. The van der Waals surface area contributed by atoms with Gasteiger partial charge in [-0.1, -0.05) is 6.07 Å². The molecule has 0 radical (unpaired) electrons. The second-order valence-corrected chi connectivity index (χ2v) is 6.88. The van der Waals surface area contributed by atoms with Crippen LogP contribution in [0, 0.1) is 0 Å². The van der Waals surface area contributed by atoms with Crippen molar-refractivity contribution in [1.82, 2.24) is 24.7 Å². The predicted molar refractivity (Wildman–Crippen MR) is 101 cm³/mol. The number of nitrogens with one attached hydrogen (secondary N) is 1. The van der Waals surface area contributed by atoms with Crippen molar-refractivity contribution in [3.05, 3.63) is 53.8 Å². The Bertz CT molecular complexity index is 1070. The summed E-state index contributed by atoms with van der Waals surface area (Å²) >= 11 is 1.36. The van der Waals surface area contributed by atoms with Gasteiger partial charge in [0.1, 0.15) is 5.69 Å². The fraction of sp³-hybridized carbons (Fsp3) is 0.167. The van der Waals surface area contributed by atoms with Gasteiger partial charge in [-0.15, -0.1) is 11.3 Å². The topological polar surface area (TPSA) is 85.6 Å². The molecule has 4 heterocycles. The number of aromatic nitrogens is 5. The number of carbonyl (C=O) groups excluding carboxylic acids is 1. The van der Waals surface area contributed by atoms with E-state index in [-0.39, 0.29) is 11.9 Å². The number of nitrogens with zero attached hydrogens (tertiary/aromatic N) is 5. The first kappa shape index (κ1) is 16.3. The van der Waals surface area contributed by atoms with E-state index in [1.165, 1.54) is 11.3 Å². The standard InChI is InChI=1S/C18H16N6OS/c1-11(2)24-16-12(9-21-24)7-13(8-20-16)17(25)23-18-22-15(10-26-18)14-5-3-4-6-19-14/h3-11H,1-2H3,(H,22,23,25). The molecule has 4 aromatic heterocycles. The molecule has 0 aliphatic heterocycles. The van der Waals surface area contributed by atoms with E-state index in [4.69, 9.17) is 0 Å². The number of rotatable bonds is 4. The summed E-state index contributed by atoms with van der Waals surface area (Å²) in [6.45, 7) is 4.08. The van der Waals surface area contributed by atoms with Crippen molar-refractivity contribution in [2.45, 2.75) is 19.9 Å². The van der Waals surface area contributed by atoms with Gasteiger partial charge in [-0.25, -0.2) is 14.6 Å². The lowest BCUT2D eigenvalue weighted by Gasteiger charge is -2.06. The van der Waals surface area contributed by atoms with E-state index in [1.807, 2.05) is 42.1 Å². The number of anilines is 1. The molecule has 0 aliphatic rings. The second-order valence-electron chi connectivity index (χ2n) is 6.03. The van der Waals surface area contributed by atoms with Gasteiger partial charge < -0.3 is 0 Å². The minimum Gasteiger partial charge on any atom is -0.298 e. The molecule has 7 nitrogen and oxygen atoms in total. The number of amides is 1. The van der Waals surface area contributed by atoms with Gasteiger partial charge in [-0.3, -0.25) is 15.1 Å². The van der Waals surface area contributed by atoms with Gasteiger partial charge in [0, 0.05) is 29.2 Å². The quantitative estimate of drug-likeness (QED) is 0.595. The lowest BCUT2D eigenvalue weighted by Crippen LogP contribution is -2.12. The molecule has 0 saturated carbocycles. The lowest BCUT2D eigenvalue weighted by atomic mass is 10.2. The van der Waals surface area contributed by atoms with E-state index in [9.17, 15) is 4.79 Å². The molecule has 130 valence electrons. The summed E-state index contributed by atoms with van der Waals surface area (Å²) in [5, 5.41) is 10.4. The number of hydrogen-bond acceptors (Lipinski definition) is 6. The molecular weight excluding hydrogens is 348 g/mol. The molecule has 0 atom stereocenters. The number of carbonyl (C=O) groups is 1. The zero-order valence-corrected chi connectivity index (χ0v) is 15.1. The van der Waals surface area contributed by atoms with E-state index in [0.29, 0.717) is 10.7 Å². The zero-order chi connectivity index (χ0) is 18.1.